The minimum absolute atomic E-state index is 0.0832. The summed E-state index contributed by atoms with van der Waals surface area (Å²) in [5, 5.41) is 2.96. The number of rotatable bonds is 7. The SMILES string of the molecule is CC(C)CCN1CCC(NC(=O)c2cc(CC(C)C)[nH]c(=O)n2)CCC1=O. The molecule has 1 atom stereocenters. The molecule has 0 bridgehead atoms. The van der Waals surface area contributed by atoms with E-state index < -0.39 is 5.69 Å². The molecule has 1 fully saturated rings. The van der Waals surface area contributed by atoms with Crippen LogP contribution >= 0.6 is 0 Å². The van der Waals surface area contributed by atoms with Gasteiger partial charge in [0.05, 0.1) is 0 Å². The van der Waals surface area contributed by atoms with Crippen LogP contribution in [0.3, 0.4) is 0 Å². The maximum Gasteiger partial charge on any atom is 0.345 e. The second-order valence-corrected chi connectivity index (χ2v) is 8.26. The molecule has 7 heteroatoms. The van der Waals surface area contributed by atoms with E-state index in [1.54, 1.807) is 6.07 Å². The van der Waals surface area contributed by atoms with E-state index >= 15 is 0 Å². The first kappa shape index (κ1) is 21.1. The van der Waals surface area contributed by atoms with Crippen LogP contribution in [0.15, 0.2) is 10.9 Å². The molecule has 2 amide bonds. The predicted octanol–water partition coefficient (Wildman–Crippen LogP) is 2.13. The normalized spacial score (nSPS) is 18.1. The zero-order valence-electron chi connectivity index (χ0n) is 16.9. The van der Waals surface area contributed by atoms with Gasteiger partial charge in [0.1, 0.15) is 5.69 Å². The van der Waals surface area contributed by atoms with Gasteiger partial charge in [0, 0.05) is 31.2 Å². The van der Waals surface area contributed by atoms with Gasteiger partial charge in [0.25, 0.3) is 5.91 Å². The highest BCUT2D eigenvalue weighted by molar-refractivity contribution is 5.92. The van der Waals surface area contributed by atoms with Crippen molar-refractivity contribution in [3.05, 3.63) is 27.9 Å². The number of H-pyrrole nitrogens is 1. The molecule has 1 aliphatic rings. The highest BCUT2D eigenvalue weighted by Gasteiger charge is 2.24. The molecule has 0 radical (unpaired) electrons. The van der Waals surface area contributed by atoms with Crippen molar-refractivity contribution in [2.75, 3.05) is 13.1 Å². The summed E-state index contributed by atoms with van der Waals surface area (Å²) < 4.78 is 0. The third kappa shape index (κ3) is 6.81. The summed E-state index contributed by atoms with van der Waals surface area (Å²) in [6, 6.07) is 1.56. The Morgan fingerprint density at radius 2 is 2.00 bits per heavy atom. The number of aromatic nitrogens is 2. The fourth-order valence-electron chi connectivity index (χ4n) is 3.26. The Balaban J connectivity index is 1.98. The summed E-state index contributed by atoms with van der Waals surface area (Å²) in [6.07, 6.45) is 3.44. The van der Waals surface area contributed by atoms with E-state index in [9.17, 15) is 14.4 Å². The third-order valence-corrected chi connectivity index (χ3v) is 4.78. The fraction of sp³-hybridized carbons (Fsp3) is 0.700. The molecule has 1 unspecified atom stereocenters. The highest BCUT2D eigenvalue weighted by atomic mass is 16.2. The summed E-state index contributed by atoms with van der Waals surface area (Å²) in [4.78, 5) is 45.0. The Bertz CT molecular complexity index is 711. The third-order valence-electron chi connectivity index (χ3n) is 4.78. The van der Waals surface area contributed by atoms with Crippen molar-refractivity contribution >= 4 is 11.8 Å². The van der Waals surface area contributed by atoms with E-state index in [1.165, 1.54) is 0 Å². The summed E-state index contributed by atoms with van der Waals surface area (Å²) in [5.74, 6) is 0.725. The number of amides is 2. The van der Waals surface area contributed by atoms with Gasteiger partial charge in [-0.1, -0.05) is 27.7 Å². The summed E-state index contributed by atoms with van der Waals surface area (Å²) >= 11 is 0. The van der Waals surface area contributed by atoms with Gasteiger partial charge < -0.3 is 15.2 Å². The van der Waals surface area contributed by atoms with Crippen molar-refractivity contribution in [1.29, 1.82) is 0 Å². The number of carbonyl (C=O) groups excluding carboxylic acids is 2. The molecular formula is C20H32N4O3. The van der Waals surface area contributed by atoms with Gasteiger partial charge in [-0.3, -0.25) is 9.59 Å². The molecule has 27 heavy (non-hydrogen) atoms. The van der Waals surface area contributed by atoms with Crippen LogP contribution in [0.5, 0.6) is 0 Å². The van der Waals surface area contributed by atoms with Crippen molar-refractivity contribution in [3.8, 4) is 0 Å². The van der Waals surface area contributed by atoms with Crippen molar-refractivity contribution in [1.82, 2.24) is 20.2 Å². The van der Waals surface area contributed by atoms with E-state index in [4.69, 9.17) is 0 Å². The van der Waals surface area contributed by atoms with Crippen LogP contribution in [-0.2, 0) is 11.2 Å². The average Bonchev–Trinajstić information content (AvgIpc) is 2.74. The molecule has 1 saturated heterocycles. The Hall–Kier alpha value is -2.18. The highest BCUT2D eigenvalue weighted by Crippen LogP contribution is 2.15. The lowest BCUT2D eigenvalue weighted by Crippen LogP contribution is -2.37. The lowest BCUT2D eigenvalue weighted by Gasteiger charge is -2.22. The molecule has 0 saturated carbocycles. The Labute approximate surface area is 160 Å². The van der Waals surface area contributed by atoms with Crippen molar-refractivity contribution in [2.24, 2.45) is 11.8 Å². The van der Waals surface area contributed by atoms with Gasteiger partial charge in [0.15, 0.2) is 0 Å². The van der Waals surface area contributed by atoms with E-state index in [1.807, 2.05) is 18.7 Å². The maximum atomic E-state index is 12.6. The van der Waals surface area contributed by atoms with Crippen molar-refractivity contribution in [3.63, 3.8) is 0 Å². The van der Waals surface area contributed by atoms with Crippen LogP contribution < -0.4 is 11.0 Å². The number of hydrogen-bond donors (Lipinski definition) is 2. The van der Waals surface area contributed by atoms with Gasteiger partial charge in [-0.25, -0.2) is 4.79 Å². The van der Waals surface area contributed by atoms with Crippen molar-refractivity contribution in [2.45, 2.75) is 65.8 Å². The minimum atomic E-state index is -0.505. The molecular weight excluding hydrogens is 344 g/mol. The van der Waals surface area contributed by atoms with Crippen LogP contribution in [0.1, 0.15) is 69.6 Å². The molecule has 2 N–H and O–H groups in total. The lowest BCUT2D eigenvalue weighted by molar-refractivity contribution is -0.130. The van der Waals surface area contributed by atoms with Crippen LogP contribution in [-0.4, -0.2) is 45.8 Å². The van der Waals surface area contributed by atoms with Crippen molar-refractivity contribution < 1.29 is 9.59 Å². The molecule has 2 rings (SSSR count). The largest absolute Gasteiger partial charge is 0.348 e. The molecule has 0 aliphatic carbocycles. The number of carbonyl (C=O) groups is 2. The monoisotopic (exact) mass is 376 g/mol. The molecule has 0 spiro atoms. The molecule has 2 heterocycles. The second-order valence-electron chi connectivity index (χ2n) is 8.26. The second kappa shape index (κ2) is 9.67. The summed E-state index contributed by atoms with van der Waals surface area (Å²) in [5.41, 5.74) is 0.349. The first-order chi connectivity index (χ1) is 12.7. The Morgan fingerprint density at radius 1 is 1.26 bits per heavy atom. The van der Waals surface area contributed by atoms with Crippen LogP contribution in [0.2, 0.25) is 0 Å². The topological polar surface area (TPSA) is 95.2 Å². The standard InChI is InChI=1S/C20H32N4O3/c1-13(2)7-9-24-10-8-15(5-6-18(24)25)21-19(26)17-12-16(11-14(3)4)22-20(27)23-17/h12-15H,5-11H2,1-4H3,(H,21,26)(H,22,23,27). The Kier molecular flexibility index (Phi) is 7.56. The van der Waals surface area contributed by atoms with E-state index in [2.05, 4.69) is 29.1 Å². The zero-order chi connectivity index (χ0) is 20.0. The maximum absolute atomic E-state index is 12.6. The zero-order valence-corrected chi connectivity index (χ0v) is 16.9. The summed E-state index contributed by atoms with van der Waals surface area (Å²) in [7, 11) is 0. The molecule has 0 aromatic carbocycles. The first-order valence-corrected chi connectivity index (χ1v) is 9.93. The number of nitrogens with one attached hydrogen (secondary N) is 2. The first-order valence-electron chi connectivity index (χ1n) is 9.93. The van der Waals surface area contributed by atoms with Crippen LogP contribution in [0.4, 0.5) is 0 Å². The molecule has 1 aromatic rings. The molecule has 7 nitrogen and oxygen atoms in total. The van der Waals surface area contributed by atoms with Crippen LogP contribution in [0.25, 0.3) is 0 Å². The smallest absolute Gasteiger partial charge is 0.345 e. The number of nitrogens with zero attached hydrogens (tertiary/aromatic N) is 2. The van der Waals surface area contributed by atoms with Gasteiger partial charge in [-0.15, -0.1) is 0 Å². The lowest BCUT2D eigenvalue weighted by atomic mass is 10.1. The average molecular weight is 377 g/mol. The number of aromatic amines is 1. The molecule has 1 aliphatic heterocycles. The van der Waals surface area contributed by atoms with E-state index in [0.29, 0.717) is 43.3 Å². The quantitative estimate of drug-likeness (QED) is 0.762. The van der Waals surface area contributed by atoms with Gasteiger partial charge in [-0.2, -0.15) is 4.98 Å². The van der Waals surface area contributed by atoms with E-state index in [0.717, 1.165) is 19.4 Å². The Morgan fingerprint density at radius 3 is 2.67 bits per heavy atom. The molecule has 150 valence electrons. The number of hydrogen-bond acceptors (Lipinski definition) is 4. The number of likely N-dealkylation sites (tertiary alicyclic amines) is 1. The van der Waals surface area contributed by atoms with Gasteiger partial charge in [-0.05, 0) is 43.6 Å². The predicted molar refractivity (Wildman–Crippen MR) is 105 cm³/mol. The van der Waals surface area contributed by atoms with Gasteiger partial charge >= 0.3 is 5.69 Å². The van der Waals surface area contributed by atoms with Gasteiger partial charge in [0.2, 0.25) is 5.91 Å². The van der Waals surface area contributed by atoms with E-state index in [-0.39, 0.29) is 23.6 Å². The van der Waals surface area contributed by atoms with Crippen LogP contribution in [0, 0.1) is 11.8 Å². The fourth-order valence-corrected chi connectivity index (χ4v) is 3.26. The minimum Gasteiger partial charge on any atom is -0.348 e. The molecule has 1 aromatic heterocycles. The summed E-state index contributed by atoms with van der Waals surface area (Å²) in [6.45, 7) is 9.81.